The molecular weight excluding hydrogens is 633 g/mol. The highest BCUT2D eigenvalue weighted by molar-refractivity contribution is 6.18. The fourth-order valence-corrected chi connectivity index (χ4v) is 7.66. The number of hydrogen-bond donors (Lipinski definition) is 1. The summed E-state index contributed by atoms with van der Waals surface area (Å²) in [6.45, 7) is 0. The molecule has 52 heavy (non-hydrogen) atoms. The molecule has 1 aliphatic rings. The average molecular weight is 667 g/mol. The summed E-state index contributed by atoms with van der Waals surface area (Å²) in [7, 11) is 0. The summed E-state index contributed by atoms with van der Waals surface area (Å²) < 4.78 is 6.70. The van der Waals surface area contributed by atoms with Gasteiger partial charge in [0, 0.05) is 33.4 Å². The first-order valence-corrected chi connectivity index (χ1v) is 17.8. The first-order chi connectivity index (χ1) is 25.8. The van der Waals surface area contributed by atoms with Gasteiger partial charge in [0.05, 0.1) is 5.69 Å². The fourth-order valence-electron chi connectivity index (χ4n) is 7.66. The van der Waals surface area contributed by atoms with Crippen LogP contribution in [0.3, 0.4) is 0 Å². The molecule has 3 heteroatoms. The molecule has 9 aromatic rings. The van der Waals surface area contributed by atoms with Crippen LogP contribution in [0.4, 0.5) is 22.7 Å². The maximum absolute atomic E-state index is 6.70. The summed E-state index contributed by atoms with van der Waals surface area (Å²) in [4.78, 5) is 2.34. The van der Waals surface area contributed by atoms with E-state index >= 15 is 0 Å². The average Bonchev–Trinajstić information content (AvgIpc) is 3.69. The lowest BCUT2D eigenvalue weighted by atomic mass is 9.95. The minimum atomic E-state index is -0.240. The number of nitrogens with one attached hydrogen (secondary N) is 1. The topological polar surface area (TPSA) is 24.5 Å². The van der Waals surface area contributed by atoms with Crippen molar-refractivity contribution in [2.24, 2.45) is 0 Å². The third-order valence-corrected chi connectivity index (χ3v) is 10.3. The van der Waals surface area contributed by atoms with Crippen LogP contribution in [0.1, 0.15) is 11.8 Å². The van der Waals surface area contributed by atoms with E-state index in [0.29, 0.717) is 0 Å². The van der Waals surface area contributed by atoms with Gasteiger partial charge in [0.1, 0.15) is 0 Å². The van der Waals surface area contributed by atoms with E-state index in [1.165, 1.54) is 38.1 Å². The van der Waals surface area contributed by atoms with Gasteiger partial charge < -0.3 is 15.0 Å². The molecule has 246 valence electrons. The van der Waals surface area contributed by atoms with E-state index in [0.717, 1.165) is 50.6 Å². The van der Waals surface area contributed by atoms with Crippen LogP contribution in [-0.4, -0.2) is 0 Å². The summed E-state index contributed by atoms with van der Waals surface area (Å²) in [5.74, 6) is 0.905. The van der Waals surface area contributed by atoms with Crippen molar-refractivity contribution in [3.8, 4) is 28.0 Å². The maximum Gasteiger partial charge on any atom is 0.196 e. The molecule has 9 aromatic carbocycles. The lowest BCUT2D eigenvalue weighted by Crippen LogP contribution is -2.09. The Hall–Kier alpha value is -6.84. The van der Waals surface area contributed by atoms with Crippen molar-refractivity contribution in [1.29, 1.82) is 0 Å². The summed E-state index contributed by atoms with van der Waals surface area (Å²) in [6.07, 6.45) is -0.240. The van der Waals surface area contributed by atoms with E-state index in [2.05, 4.69) is 198 Å². The molecule has 0 radical (unpaired) electrons. The molecule has 1 unspecified atom stereocenters. The predicted molar refractivity (Wildman–Crippen MR) is 218 cm³/mol. The van der Waals surface area contributed by atoms with Gasteiger partial charge in [-0.05, 0) is 86.3 Å². The van der Waals surface area contributed by atoms with Crippen molar-refractivity contribution in [3.63, 3.8) is 0 Å². The Kier molecular flexibility index (Phi) is 7.21. The van der Waals surface area contributed by atoms with E-state index in [4.69, 9.17) is 4.74 Å². The van der Waals surface area contributed by atoms with Gasteiger partial charge in [0.25, 0.3) is 0 Å². The smallest absolute Gasteiger partial charge is 0.196 e. The van der Waals surface area contributed by atoms with Crippen LogP contribution in [0.25, 0.3) is 54.6 Å². The summed E-state index contributed by atoms with van der Waals surface area (Å²) in [5, 5.41) is 10.8. The number of hydrogen-bond acceptors (Lipinski definition) is 3. The Labute approximate surface area is 303 Å². The second-order valence-corrected chi connectivity index (χ2v) is 13.4. The number of nitrogens with zero attached hydrogens (tertiary/aromatic N) is 1. The molecule has 0 spiro atoms. The highest BCUT2D eigenvalue weighted by Crippen LogP contribution is 2.49. The zero-order valence-corrected chi connectivity index (χ0v) is 28.4. The normalized spacial score (nSPS) is 13.5. The van der Waals surface area contributed by atoms with Gasteiger partial charge in [-0.15, -0.1) is 0 Å². The molecular formula is C49H34N2O. The molecule has 0 fully saturated rings. The van der Waals surface area contributed by atoms with E-state index < -0.39 is 0 Å². The first kappa shape index (κ1) is 30.0. The van der Waals surface area contributed by atoms with Gasteiger partial charge in [-0.3, -0.25) is 0 Å². The summed E-state index contributed by atoms with van der Waals surface area (Å²) >= 11 is 0. The van der Waals surface area contributed by atoms with E-state index in [-0.39, 0.29) is 6.23 Å². The zero-order chi connectivity index (χ0) is 34.4. The predicted octanol–water partition coefficient (Wildman–Crippen LogP) is 13.5. The fraction of sp³-hybridized carbons (Fsp3) is 0.0204. The Morgan fingerprint density at radius 1 is 0.385 bits per heavy atom. The molecule has 0 amide bonds. The molecule has 1 aliphatic heterocycles. The van der Waals surface area contributed by atoms with Crippen molar-refractivity contribution in [2.75, 3.05) is 10.2 Å². The Bertz CT molecular complexity index is 2720. The summed E-state index contributed by atoms with van der Waals surface area (Å²) in [6, 6.07) is 69.3. The van der Waals surface area contributed by atoms with Crippen molar-refractivity contribution >= 4 is 55.1 Å². The number of benzene rings is 9. The minimum absolute atomic E-state index is 0.240. The molecule has 0 saturated heterocycles. The molecule has 0 saturated carbocycles. The maximum atomic E-state index is 6.70. The largest absolute Gasteiger partial charge is 0.464 e. The monoisotopic (exact) mass is 666 g/mol. The van der Waals surface area contributed by atoms with Crippen molar-refractivity contribution in [1.82, 2.24) is 0 Å². The SMILES string of the molecule is c1ccc(-c2ccc(N(c3ccc(-c4ccc5c(c4)c4c(c6ccccc65)NC(c5ccccc5)O4)cc3)c3ccc4ccccc4c3)cc2)cc1. The van der Waals surface area contributed by atoms with Gasteiger partial charge >= 0.3 is 0 Å². The van der Waals surface area contributed by atoms with Crippen LogP contribution in [0.15, 0.2) is 194 Å². The molecule has 0 aliphatic carbocycles. The lowest BCUT2D eigenvalue weighted by Gasteiger charge is -2.26. The van der Waals surface area contributed by atoms with Gasteiger partial charge in [0.15, 0.2) is 12.0 Å². The van der Waals surface area contributed by atoms with Crippen molar-refractivity contribution in [2.45, 2.75) is 6.23 Å². The van der Waals surface area contributed by atoms with Crippen LogP contribution >= 0.6 is 0 Å². The van der Waals surface area contributed by atoms with E-state index in [1.807, 2.05) is 6.07 Å². The van der Waals surface area contributed by atoms with E-state index in [1.54, 1.807) is 0 Å². The molecule has 10 rings (SSSR count). The number of rotatable bonds is 6. The highest BCUT2D eigenvalue weighted by Gasteiger charge is 2.28. The van der Waals surface area contributed by atoms with Crippen molar-refractivity contribution < 1.29 is 4.74 Å². The molecule has 3 nitrogen and oxygen atoms in total. The third-order valence-electron chi connectivity index (χ3n) is 10.3. The molecule has 1 atom stereocenters. The van der Waals surface area contributed by atoms with Crippen LogP contribution in [0.5, 0.6) is 5.75 Å². The Balaban J connectivity index is 1.05. The van der Waals surface area contributed by atoms with Crippen LogP contribution in [0.2, 0.25) is 0 Å². The minimum Gasteiger partial charge on any atom is -0.464 e. The van der Waals surface area contributed by atoms with Crippen molar-refractivity contribution in [3.05, 3.63) is 200 Å². The van der Waals surface area contributed by atoms with Gasteiger partial charge in [0.2, 0.25) is 0 Å². The molecule has 1 N–H and O–H groups in total. The zero-order valence-electron chi connectivity index (χ0n) is 28.4. The molecule has 0 bridgehead atoms. The molecule has 0 aromatic heterocycles. The Morgan fingerprint density at radius 2 is 0.923 bits per heavy atom. The first-order valence-electron chi connectivity index (χ1n) is 17.8. The second-order valence-electron chi connectivity index (χ2n) is 13.4. The number of anilines is 4. The number of fused-ring (bicyclic) bond motifs is 7. The molecule has 1 heterocycles. The third kappa shape index (κ3) is 5.23. The highest BCUT2D eigenvalue weighted by atomic mass is 16.5. The van der Waals surface area contributed by atoms with Crippen LogP contribution in [0, 0.1) is 0 Å². The van der Waals surface area contributed by atoms with Crippen LogP contribution < -0.4 is 15.0 Å². The lowest BCUT2D eigenvalue weighted by molar-refractivity contribution is 0.262. The second kappa shape index (κ2) is 12.5. The van der Waals surface area contributed by atoms with Gasteiger partial charge in [-0.25, -0.2) is 0 Å². The van der Waals surface area contributed by atoms with E-state index in [9.17, 15) is 0 Å². The Morgan fingerprint density at radius 3 is 1.65 bits per heavy atom. The standard InChI is InChI=1S/C49H34N2O/c1-3-11-33(12-4-1)35-19-25-40(26-20-35)51(42-29-23-34-13-7-8-16-38(34)31-42)41-27-21-36(22-28-41)39-24-30-44-43-17-9-10-18-45(43)47-48(46(44)32-39)52-49(50-47)37-14-5-2-6-15-37/h1-32,49-50H. The van der Waals surface area contributed by atoms with Crippen LogP contribution in [-0.2, 0) is 0 Å². The number of ether oxygens (including phenoxy) is 1. The quantitative estimate of drug-likeness (QED) is 0.179. The summed E-state index contributed by atoms with van der Waals surface area (Å²) in [5.41, 5.74) is 10.2. The van der Waals surface area contributed by atoms with Gasteiger partial charge in [-0.2, -0.15) is 0 Å². The van der Waals surface area contributed by atoms with Gasteiger partial charge in [-0.1, -0.05) is 152 Å².